The second-order valence-corrected chi connectivity index (χ2v) is 11.1. The van der Waals surface area contributed by atoms with E-state index in [-0.39, 0.29) is 24.0 Å². The molecule has 2 aliphatic rings. The maximum Gasteiger partial charge on any atom is 0.324 e. The van der Waals surface area contributed by atoms with Gasteiger partial charge in [0, 0.05) is 28.4 Å². The van der Waals surface area contributed by atoms with E-state index < -0.39 is 23.5 Å². The van der Waals surface area contributed by atoms with Crippen LogP contribution in [0, 0.1) is 22.2 Å². The lowest BCUT2D eigenvalue weighted by Crippen LogP contribution is -2.36. The fourth-order valence-corrected chi connectivity index (χ4v) is 6.47. The second-order valence-electron chi connectivity index (χ2n) is 9.76. The van der Waals surface area contributed by atoms with E-state index in [0.717, 1.165) is 6.42 Å². The molecule has 0 aromatic heterocycles. The zero-order valence-electron chi connectivity index (χ0n) is 20.3. The maximum absolute atomic E-state index is 13.2. The van der Waals surface area contributed by atoms with Gasteiger partial charge in [-0.25, -0.2) is 5.90 Å². The molecule has 1 saturated carbocycles. The fourth-order valence-electron chi connectivity index (χ4n) is 5.10. The van der Waals surface area contributed by atoms with Crippen LogP contribution in [0.2, 0.25) is 0 Å². The molecule has 1 aliphatic heterocycles. The van der Waals surface area contributed by atoms with Gasteiger partial charge in [-0.2, -0.15) is 10.8 Å². The summed E-state index contributed by atoms with van der Waals surface area (Å²) in [6.07, 6.45) is 10.7. The lowest BCUT2D eigenvalue weighted by atomic mass is 9.86. The summed E-state index contributed by atoms with van der Waals surface area (Å²) in [4.78, 5) is 46.7. The van der Waals surface area contributed by atoms with E-state index in [1.54, 1.807) is 11.8 Å². The van der Waals surface area contributed by atoms with Crippen LogP contribution in [0.15, 0.2) is 58.6 Å². The second kappa shape index (κ2) is 12.6. The highest BCUT2D eigenvalue weighted by atomic mass is 32.2. The third-order valence-corrected chi connectivity index (χ3v) is 8.34. The molecule has 1 aliphatic carbocycles. The van der Waals surface area contributed by atoms with E-state index in [9.17, 15) is 14.5 Å². The number of thioether (sulfide) groups is 1. The Hall–Kier alpha value is -2.33. The first-order valence-corrected chi connectivity index (χ1v) is 12.9. The van der Waals surface area contributed by atoms with Crippen molar-refractivity contribution >= 4 is 23.5 Å². The summed E-state index contributed by atoms with van der Waals surface area (Å²) in [6.45, 7) is 3.69. The molecule has 190 valence electrons. The molecular formula is C26H35N3O5S. The average Bonchev–Trinajstić information content (AvgIpc) is 3.34. The third-order valence-electron chi connectivity index (χ3n) is 6.99. The molecule has 0 bridgehead atoms. The van der Waals surface area contributed by atoms with Crippen LogP contribution < -0.4 is 11.8 Å². The predicted octanol–water partition coefficient (Wildman–Crippen LogP) is 4.42. The quantitative estimate of drug-likeness (QED) is 0.186. The first-order chi connectivity index (χ1) is 16.8. The Morgan fingerprint density at radius 1 is 1.29 bits per heavy atom. The minimum absolute atomic E-state index is 0.0800. The fraction of sp³-hybridized carbons (Fsp3) is 0.538. The number of hydrogen-bond donors (Lipinski definition) is 2. The molecule has 3 rings (SSSR count). The molecule has 0 spiro atoms. The summed E-state index contributed by atoms with van der Waals surface area (Å²) < 4.78 is 0. The van der Waals surface area contributed by atoms with Gasteiger partial charge in [-0.15, -0.1) is 11.8 Å². The van der Waals surface area contributed by atoms with Crippen LogP contribution in [0.25, 0.3) is 0 Å². The number of nitrogens with two attached hydrogens (primary N) is 2. The highest BCUT2D eigenvalue weighted by molar-refractivity contribution is 8.00. The van der Waals surface area contributed by atoms with E-state index in [2.05, 4.69) is 22.1 Å². The summed E-state index contributed by atoms with van der Waals surface area (Å²) in [5.74, 6) is 9.52. The summed E-state index contributed by atoms with van der Waals surface area (Å²) >= 11 is 1.79. The minimum Gasteiger partial charge on any atom is -0.373 e. The van der Waals surface area contributed by atoms with Crippen molar-refractivity contribution in [3.8, 4) is 0 Å². The topological polar surface area (TPSA) is 134 Å². The number of ketones is 1. The van der Waals surface area contributed by atoms with Gasteiger partial charge in [0.1, 0.15) is 11.8 Å². The Balaban J connectivity index is 1.64. The summed E-state index contributed by atoms with van der Waals surface area (Å²) in [6, 6.07) is 7.80. The number of nitrogens with zero attached hydrogens (tertiary/aromatic N) is 1. The summed E-state index contributed by atoms with van der Waals surface area (Å²) in [5.41, 5.74) is 0.558. The summed E-state index contributed by atoms with van der Waals surface area (Å²) in [7, 11) is 0. The number of allylic oxidation sites excluding steroid dienone is 2. The van der Waals surface area contributed by atoms with E-state index in [1.807, 2.05) is 50.3 Å². The molecule has 0 radical (unpaired) electrons. The largest absolute Gasteiger partial charge is 0.373 e. The van der Waals surface area contributed by atoms with Crippen molar-refractivity contribution in [1.82, 2.24) is 0 Å². The molecule has 1 aromatic carbocycles. The molecule has 3 unspecified atom stereocenters. The smallest absolute Gasteiger partial charge is 0.324 e. The zero-order chi connectivity index (χ0) is 25.4. The normalized spacial score (nSPS) is 26.3. The highest BCUT2D eigenvalue weighted by Crippen LogP contribution is 2.46. The van der Waals surface area contributed by atoms with Crippen LogP contribution in [-0.4, -0.2) is 29.1 Å². The number of fused-ring (bicyclic) bond motifs is 1. The lowest BCUT2D eigenvalue weighted by molar-refractivity contribution is -0.144. The van der Waals surface area contributed by atoms with Crippen LogP contribution in [0.5, 0.6) is 0 Å². The highest BCUT2D eigenvalue weighted by Gasteiger charge is 2.54. The van der Waals surface area contributed by atoms with Crippen LogP contribution in [0.1, 0.15) is 51.5 Å². The van der Waals surface area contributed by atoms with Gasteiger partial charge in [-0.05, 0) is 43.7 Å². The van der Waals surface area contributed by atoms with Crippen molar-refractivity contribution in [2.75, 3.05) is 0 Å². The Kier molecular flexibility index (Phi) is 9.80. The van der Waals surface area contributed by atoms with Crippen molar-refractivity contribution in [2.24, 2.45) is 34.2 Å². The van der Waals surface area contributed by atoms with E-state index in [4.69, 9.17) is 16.6 Å². The number of carbonyl (C=O) groups excluding carboxylic acids is 2. The Bertz CT molecular complexity index is 939. The van der Waals surface area contributed by atoms with Crippen LogP contribution >= 0.6 is 11.8 Å². The molecule has 4 N–H and O–H groups in total. The SMILES string of the molecule is CC1(C)C(=O)[C@H](C/C=C\CCCC(=O)ON)C(/C=C/C(CC2Cc3ccccc3S2)N=O)[C@@H]1ON. The van der Waals surface area contributed by atoms with Crippen LogP contribution in [0.3, 0.4) is 0 Å². The number of unbranched alkanes of at least 4 members (excludes halogenated alkanes) is 1. The standard InChI is InChI=1S/C26H35N3O5S/c1-26(2)24(31)20(10-5-3-4-6-12-23(30)33-27)21(25(26)34-28)14-13-18(29-32)16-19-15-17-9-7-8-11-22(17)35-19/h3,5,7-9,11,13-14,18-21,25H,4,6,10,12,15-16,27-28H2,1-2H3/b5-3-,14-13+/t18?,19?,20-,21?,25+/m1/s1. The summed E-state index contributed by atoms with van der Waals surface area (Å²) in [5, 5.41) is 3.65. The number of nitroso groups, excluding NO2 is 1. The molecule has 8 nitrogen and oxygen atoms in total. The van der Waals surface area contributed by atoms with Gasteiger partial charge in [0.15, 0.2) is 0 Å². The number of Topliss-reactive ketones (excluding diaryl/α,β-unsaturated/α-hetero) is 1. The minimum atomic E-state index is -0.750. The number of rotatable bonds is 12. The molecule has 1 fully saturated rings. The molecule has 5 atom stereocenters. The lowest BCUT2D eigenvalue weighted by Gasteiger charge is -2.25. The number of benzene rings is 1. The maximum atomic E-state index is 13.2. The predicted molar refractivity (Wildman–Crippen MR) is 136 cm³/mol. The van der Waals surface area contributed by atoms with Gasteiger partial charge in [-0.3, -0.25) is 14.4 Å². The average molecular weight is 502 g/mol. The van der Waals surface area contributed by atoms with Gasteiger partial charge >= 0.3 is 5.97 Å². The van der Waals surface area contributed by atoms with E-state index in [0.29, 0.717) is 30.9 Å². The van der Waals surface area contributed by atoms with Crippen molar-refractivity contribution in [1.29, 1.82) is 0 Å². The number of hydrogen-bond acceptors (Lipinski definition) is 9. The van der Waals surface area contributed by atoms with Gasteiger partial charge in [-0.1, -0.05) is 61.5 Å². The van der Waals surface area contributed by atoms with Gasteiger partial charge in [0.05, 0.1) is 11.5 Å². The molecule has 1 heterocycles. The van der Waals surface area contributed by atoms with E-state index in [1.165, 1.54) is 10.5 Å². The molecule has 9 heteroatoms. The Morgan fingerprint density at radius 2 is 2.06 bits per heavy atom. The van der Waals surface area contributed by atoms with Gasteiger partial charge in [0.2, 0.25) is 0 Å². The van der Waals surface area contributed by atoms with Crippen LogP contribution in [-0.2, 0) is 25.7 Å². The first-order valence-electron chi connectivity index (χ1n) is 12.0. The van der Waals surface area contributed by atoms with Crippen molar-refractivity contribution in [2.45, 2.75) is 74.7 Å². The molecule has 1 aromatic rings. The van der Waals surface area contributed by atoms with Crippen molar-refractivity contribution < 1.29 is 19.3 Å². The zero-order valence-corrected chi connectivity index (χ0v) is 21.1. The molecule has 35 heavy (non-hydrogen) atoms. The molecule has 0 saturated heterocycles. The molecule has 0 amide bonds. The number of carbonyl (C=O) groups is 2. The third kappa shape index (κ3) is 6.67. The van der Waals surface area contributed by atoms with Crippen LogP contribution in [0.4, 0.5) is 0 Å². The van der Waals surface area contributed by atoms with Gasteiger partial charge < -0.3 is 4.84 Å². The Labute approximate surface area is 210 Å². The molecular weight excluding hydrogens is 466 g/mol. The Morgan fingerprint density at radius 3 is 2.74 bits per heavy atom. The van der Waals surface area contributed by atoms with Crippen molar-refractivity contribution in [3.05, 3.63) is 59.0 Å². The first kappa shape index (κ1) is 27.3. The van der Waals surface area contributed by atoms with Crippen molar-refractivity contribution in [3.63, 3.8) is 0 Å². The monoisotopic (exact) mass is 501 g/mol. The van der Waals surface area contributed by atoms with Gasteiger partial charge in [0.25, 0.3) is 0 Å². The van der Waals surface area contributed by atoms with E-state index >= 15 is 0 Å².